The molecular weight excluding hydrogens is 422 g/mol. The molecule has 8 heteroatoms. The zero-order chi connectivity index (χ0) is 23.5. The number of benzene rings is 2. The van der Waals surface area contributed by atoms with E-state index in [-0.39, 0.29) is 13.6 Å². The second-order valence-corrected chi connectivity index (χ2v) is 7.45. The lowest BCUT2D eigenvalue weighted by atomic mass is 10.1. The van der Waals surface area contributed by atoms with Crippen molar-refractivity contribution in [3.8, 4) is 11.5 Å². The van der Waals surface area contributed by atoms with E-state index in [0.29, 0.717) is 18.8 Å². The topological polar surface area (TPSA) is 73.4 Å². The number of carbonyl (C=O) groups is 1. The molecule has 0 aliphatic heterocycles. The van der Waals surface area contributed by atoms with Crippen LogP contribution in [-0.2, 0) is 22.6 Å². The van der Waals surface area contributed by atoms with Gasteiger partial charge in [0.2, 0.25) is 0 Å². The number of nitrogens with zero attached hydrogens (tertiary/aromatic N) is 3. The molecule has 0 aliphatic carbocycles. The Labute approximate surface area is 194 Å². The van der Waals surface area contributed by atoms with E-state index < -0.39 is 6.09 Å². The number of methoxy groups -OCH3 is 1. The van der Waals surface area contributed by atoms with E-state index in [1.165, 1.54) is 0 Å². The molecule has 1 aromatic heterocycles. The third kappa shape index (κ3) is 7.69. The van der Waals surface area contributed by atoms with Crippen LogP contribution in [0.15, 0.2) is 73.1 Å². The summed E-state index contributed by atoms with van der Waals surface area (Å²) in [5.74, 6) is 1.33. The molecule has 0 unspecified atom stereocenters. The van der Waals surface area contributed by atoms with Crippen molar-refractivity contribution in [1.29, 1.82) is 0 Å². The predicted octanol–water partition coefficient (Wildman–Crippen LogP) is 4.31. The van der Waals surface area contributed by atoms with E-state index in [1.807, 2.05) is 67.5 Å². The smallest absolute Gasteiger partial charge is 0.412 e. The highest BCUT2D eigenvalue weighted by Crippen LogP contribution is 2.18. The molecule has 174 valence electrons. The average molecular weight is 452 g/mol. The van der Waals surface area contributed by atoms with Crippen LogP contribution in [0, 0.1) is 0 Å². The number of hydrogen-bond donors (Lipinski definition) is 0. The lowest BCUT2D eigenvalue weighted by Gasteiger charge is -2.23. The van der Waals surface area contributed by atoms with E-state index in [1.54, 1.807) is 36.5 Å². The normalized spacial score (nSPS) is 10.4. The summed E-state index contributed by atoms with van der Waals surface area (Å²) in [7, 11) is 5.59. The average Bonchev–Trinajstić information content (AvgIpc) is 2.84. The Bertz CT molecular complexity index is 979. The van der Waals surface area contributed by atoms with Crippen LogP contribution in [-0.4, -0.2) is 50.8 Å². The molecule has 0 bridgehead atoms. The molecule has 0 aliphatic rings. The van der Waals surface area contributed by atoms with Gasteiger partial charge < -0.3 is 23.8 Å². The second kappa shape index (κ2) is 12.3. The van der Waals surface area contributed by atoms with Gasteiger partial charge in [0, 0.05) is 39.1 Å². The molecule has 3 rings (SSSR count). The lowest BCUT2D eigenvalue weighted by Crippen LogP contribution is -2.31. The molecule has 0 fully saturated rings. The molecule has 0 saturated heterocycles. The van der Waals surface area contributed by atoms with Crippen molar-refractivity contribution in [3.05, 3.63) is 84.2 Å². The zero-order valence-electron chi connectivity index (χ0n) is 19.1. The van der Waals surface area contributed by atoms with Gasteiger partial charge >= 0.3 is 6.09 Å². The molecule has 33 heavy (non-hydrogen) atoms. The van der Waals surface area contributed by atoms with E-state index in [0.717, 1.165) is 22.6 Å². The number of ether oxygens (including phenoxy) is 4. The van der Waals surface area contributed by atoms with Crippen molar-refractivity contribution in [2.45, 2.75) is 13.1 Å². The van der Waals surface area contributed by atoms with Crippen LogP contribution in [0.5, 0.6) is 11.5 Å². The summed E-state index contributed by atoms with van der Waals surface area (Å²) in [5.41, 5.74) is 3.04. The minimum Gasteiger partial charge on any atom is -0.497 e. The highest BCUT2D eigenvalue weighted by atomic mass is 16.7. The maximum absolute atomic E-state index is 12.8. The largest absolute Gasteiger partial charge is 0.497 e. The lowest BCUT2D eigenvalue weighted by molar-refractivity contribution is -0.0780. The summed E-state index contributed by atoms with van der Waals surface area (Å²) in [6.45, 7) is 0.496. The summed E-state index contributed by atoms with van der Waals surface area (Å²) in [6.07, 6.45) is 2.75. The first-order valence-electron chi connectivity index (χ1n) is 10.5. The Morgan fingerprint density at radius 2 is 1.55 bits per heavy atom. The quantitative estimate of drug-likeness (QED) is 0.318. The van der Waals surface area contributed by atoms with Gasteiger partial charge in [-0.2, -0.15) is 0 Å². The molecule has 1 heterocycles. The summed E-state index contributed by atoms with van der Waals surface area (Å²) >= 11 is 0. The van der Waals surface area contributed by atoms with Gasteiger partial charge in [0.25, 0.3) is 0 Å². The first-order chi connectivity index (χ1) is 16.0. The predicted molar refractivity (Wildman–Crippen MR) is 125 cm³/mol. The third-order valence-corrected chi connectivity index (χ3v) is 4.83. The van der Waals surface area contributed by atoms with Crippen molar-refractivity contribution < 1.29 is 23.7 Å². The van der Waals surface area contributed by atoms with E-state index in [2.05, 4.69) is 4.98 Å². The van der Waals surface area contributed by atoms with Gasteiger partial charge in [-0.25, -0.2) is 4.79 Å². The number of aromatic nitrogens is 1. The maximum atomic E-state index is 12.8. The van der Waals surface area contributed by atoms with Crippen LogP contribution in [0.25, 0.3) is 0 Å². The monoisotopic (exact) mass is 451 g/mol. The molecule has 0 spiro atoms. The standard InChI is InChI=1S/C25H29N3O5/c1-27(2)22-10-6-20(7-11-22)16-28(17-21-8-12-23(30-3)13-9-21)25(29)33-19-31-18-32-24-5-4-14-26-15-24/h4-15H,16-19H2,1-3H3. The van der Waals surface area contributed by atoms with Gasteiger partial charge in [0.05, 0.1) is 13.3 Å². The van der Waals surface area contributed by atoms with Crippen LogP contribution in [0.2, 0.25) is 0 Å². The Morgan fingerprint density at radius 3 is 2.12 bits per heavy atom. The van der Waals surface area contributed by atoms with Crippen LogP contribution in [0.4, 0.5) is 10.5 Å². The minimum absolute atomic E-state index is 0.0521. The van der Waals surface area contributed by atoms with Crippen molar-refractivity contribution in [2.75, 3.05) is 39.7 Å². The van der Waals surface area contributed by atoms with E-state index in [4.69, 9.17) is 18.9 Å². The fourth-order valence-corrected chi connectivity index (χ4v) is 3.02. The van der Waals surface area contributed by atoms with Gasteiger partial charge in [-0.05, 0) is 47.5 Å². The number of carbonyl (C=O) groups excluding carboxylic acids is 1. The van der Waals surface area contributed by atoms with Gasteiger partial charge in [0.15, 0.2) is 13.6 Å². The Morgan fingerprint density at radius 1 is 0.879 bits per heavy atom. The van der Waals surface area contributed by atoms with Crippen molar-refractivity contribution >= 4 is 11.8 Å². The van der Waals surface area contributed by atoms with Crippen molar-refractivity contribution in [1.82, 2.24) is 9.88 Å². The van der Waals surface area contributed by atoms with Crippen molar-refractivity contribution in [2.24, 2.45) is 0 Å². The number of amides is 1. The summed E-state index contributed by atoms with van der Waals surface area (Å²) in [4.78, 5) is 20.4. The molecule has 0 atom stereocenters. The Balaban J connectivity index is 1.58. The summed E-state index contributed by atoms with van der Waals surface area (Å²) in [6, 6.07) is 19.1. The molecule has 2 aromatic carbocycles. The number of anilines is 1. The summed E-state index contributed by atoms with van der Waals surface area (Å²) in [5, 5.41) is 0. The van der Waals surface area contributed by atoms with Crippen LogP contribution < -0.4 is 14.4 Å². The highest BCUT2D eigenvalue weighted by Gasteiger charge is 2.17. The molecule has 0 N–H and O–H groups in total. The first kappa shape index (κ1) is 23.9. The second-order valence-electron chi connectivity index (χ2n) is 7.45. The maximum Gasteiger partial charge on any atom is 0.412 e. The fourth-order valence-electron chi connectivity index (χ4n) is 3.02. The Kier molecular flexibility index (Phi) is 8.90. The van der Waals surface area contributed by atoms with Crippen LogP contribution >= 0.6 is 0 Å². The third-order valence-electron chi connectivity index (χ3n) is 4.83. The van der Waals surface area contributed by atoms with Gasteiger partial charge in [0.1, 0.15) is 11.5 Å². The molecule has 1 amide bonds. The molecule has 3 aromatic rings. The zero-order valence-corrected chi connectivity index (χ0v) is 19.1. The van der Waals surface area contributed by atoms with E-state index in [9.17, 15) is 4.79 Å². The SMILES string of the molecule is COc1ccc(CN(Cc2ccc(N(C)C)cc2)C(=O)OCOCOc2cccnc2)cc1. The highest BCUT2D eigenvalue weighted by molar-refractivity contribution is 5.67. The molecule has 0 saturated carbocycles. The molecule has 0 radical (unpaired) electrons. The van der Waals surface area contributed by atoms with Gasteiger partial charge in [-0.3, -0.25) is 9.88 Å². The minimum atomic E-state index is -0.483. The fraction of sp³-hybridized carbons (Fsp3) is 0.280. The Hall–Kier alpha value is -3.78. The summed E-state index contributed by atoms with van der Waals surface area (Å²) < 4.78 is 21.2. The van der Waals surface area contributed by atoms with Crippen molar-refractivity contribution in [3.63, 3.8) is 0 Å². The van der Waals surface area contributed by atoms with E-state index >= 15 is 0 Å². The van der Waals surface area contributed by atoms with Gasteiger partial charge in [-0.15, -0.1) is 0 Å². The van der Waals surface area contributed by atoms with Crippen LogP contribution in [0.3, 0.4) is 0 Å². The first-order valence-corrected chi connectivity index (χ1v) is 10.5. The number of pyridine rings is 1. The molecule has 8 nitrogen and oxygen atoms in total. The molecular formula is C25H29N3O5. The number of hydrogen-bond acceptors (Lipinski definition) is 7. The van der Waals surface area contributed by atoms with Crippen LogP contribution in [0.1, 0.15) is 11.1 Å². The number of rotatable bonds is 11. The van der Waals surface area contributed by atoms with Gasteiger partial charge in [-0.1, -0.05) is 24.3 Å².